The number of carbonyl (C=O) groups excluding carboxylic acids is 1. The Bertz CT molecular complexity index is 249. The molecule has 0 radical (unpaired) electrons. The average molecular weight is 216 g/mol. The van der Waals surface area contributed by atoms with Crippen molar-refractivity contribution in [2.45, 2.75) is 45.7 Å². The minimum absolute atomic E-state index is 0.0330. The molecule has 0 aliphatic rings. The topological polar surface area (TPSA) is 92.4 Å². The Morgan fingerprint density at radius 3 is 2.20 bits per heavy atom. The van der Waals surface area contributed by atoms with Crippen molar-refractivity contribution in [2.75, 3.05) is 0 Å². The molecule has 5 heteroatoms. The van der Waals surface area contributed by atoms with E-state index in [1.165, 1.54) is 0 Å². The number of hydrogen-bond donors (Lipinski definition) is 3. The average Bonchev–Trinajstić information content (AvgIpc) is 1.98. The van der Waals surface area contributed by atoms with Crippen LogP contribution in [0.1, 0.15) is 34.1 Å². The molecule has 0 spiro atoms. The molecule has 0 bridgehead atoms. The SMILES string of the molecule is CC(C)[C@H](N)C(=O)NC(C)(C)CC(=O)O. The highest BCUT2D eigenvalue weighted by Gasteiger charge is 2.27. The second kappa shape index (κ2) is 5.11. The molecule has 0 saturated carbocycles. The minimum atomic E-state index is -0.946. The zero-order chi connectivity index (χ0) is 12.2. The van der Waals surface area contributed by atoms with Crippen LogP contribution in [0.15, 0.2) is 0 Å². The highest BCUT2D eigenvalue weighted by molar-refractivity contribution is 5.83. The number of carboxylic acids is 1. The maximum atomic E-state index is 11.6. The number of nitrogens with two attached hydrogens (primary N) is 1. The Morgan fingerprint density at radius 2 is 1.87 bits per heavy atom. The van der Waals surface area contributed by atoms with Gasteiger partial charge in [-0.3, -0.25) is 9.59 Å². The zero-order valence-electron chi connectivity index (χ0n) is 9.70. The van der Waals surface area contributed by atoms with Crippen LogP contribution in [0, 0.1) is 5.92 Å². The Balaban J connectivity index is 4.33. The predicted molar refractivity (Wildman–Crippen MR) is 57.3 cm³/mol. The Morgan fingerprint density at radius 1 is 1.40 bits per heavy atom. The van der Waals surface area contributed by atoms with Crippen LogP contribution < -0.4 is 11.1 Å². The lowest BCUT2D eigenvalue weighted by atomic mass is 9.98. The van der Waals surface area contributed by atoms with E-state index in [0.29, 0.717) is 0 Å². The fourth-order valence-electron chi connectivity index (χ4n) is 1.14. The van der Waals surface area contributed by atoms with Gasteiger partial charge in [-0.15, -0.1) is 0 Å². The molecule has 4 N–H and O–H groups in total. The van der Waals surface area contributed by atoms with Gasteiger partial charge in [0.1, 0.15) is 0 Å². The molecular weight excluding hydrogens is 196 g/mol. The minimum Gasteiger partial charge on any atom is -0.481 e. The van der Waals surface area contributed by atoms with Gasteiger partial charge in [0.2, 0.25) is 5.91 Å². The summed E-state index contributed by atoms with van der Waals surface area (Å²) in [6, 6.07) is -0.599. The molecule has 0 heterocycles. The summed E-state index contributed by atoms with van der Waals surface area (Å²) in [6.45, 7) is 7.00. The molecule has 0 fully saturated rings. The van der Waals surface area contributed by atoms with Gasteiger partial charge in [0.05, 0.1) is 12.5 Å². The van der Waals surface area contributed by atoms with Crippen LogP contribution in [0.5, 0.6) is 0 Å². The van der Waals surface area contributed by atoms with Gasteiger partial charge in [0.15, 0.2) is 0 Å². The van der Waals surface area contributed by atoms with Crippen LogP contribution in [0.25, 0.3) is 0 Å². The molecule has 88 valence electrons. The van der Waals surface area contributed by atoms with Crippen LogP contribution in [0.2, 0.25) is 0 Å². The molecule has 0 saturated heterocycles. The molecule has 1 amide bonds. The summed E-state index contributed by atoms with van der Waals surface area (Å²) in [7, 11) is 0. The number of aliphatic carboxylic acids is 1. The molecule has 15 heavy (non-hydrogen) atoms. The quantitative estimate of drug-likeness (QED) is 0.618. The first-order chi connectivity index (χ1) is 6.65. The summed E-state index contributed by atoms with van der Waals surface area (Å²) in [5, 5.41) is 11.3. The van der Waals surface area contributed by atoms with Crippen molar-refractivity contribution < 1.29 is 14.7 Å². The summed E-state index contributed by atoms with van der Waals surface area (Å²) in [4.78, 5) is 22.1. The van der Waals surface area contributed by atoms with Crippen LogP contribution in [-0.2, 0) is 9.59 Å². The van der Waals surface area contributed by atoms with E-state index in [-0.39, 0.29) is 18.2 Å². The zero-order valence-corrected chi connectivity index (χ0v) is 9.70. The summed E-state index contributed by atoms with van der Waals surface area (Å²) < 4.78 is 0. The van der Waals surface area contributed by atoms with E-state index in [4.69, 9.17) is 10.8 Å². The molecule has 0 aromatic rings. The van der Waals surface area contributed by atoms with Crippen molar-refractivity contribution >= 4 is 11.9 Å². The largest absolute Gasteiger partial charge is 0.481 e. The van der Waals surface area contributed by atoms with E-state index in [1.54, 1.807) is 13.8 Å². The van der Waals surface area contributed by atoms with E-state index in [0.717, 1.165) is 0 Å². The smallest absolute Gasteiger partial charge is 0.305 e. The molecule has 0 aromatic heterocycles. The van der Waals surface area contributed by atoms with Crippen LogP contribution in [0.3, 0.4) is 0 Å². The van der Waals surface area contributed by atoms with E-state index >= 15 is 0 Å². The monoisotopic (exact) mass is 216 g/mol. The van der Waals surface area contributed by atoms with Crippen LogP contribution in [0.4, 0.5) is 0 Å². The van der Waals surface area contributed by atoms with Gasteiger partial charge in [0.25, 0.3) is 0 Å². The third kappa shape index (κ3) is 5.37. The molecule has 0 aromatic carbocycles. The standard InChI is InChI=1S/C10H20N2O3/c1-6(2)8(11)9(15)12-10(3,4)5-7(13)14/h6,8H,5,11H2,1-4H3,(H,12,15)(H,13,14)/t8-/m0/s1. The van der Waals surface area contributed by atoms with Gasteiger partial charge in [-0.25, -0.2) is 0 Å². The van der Waals surface area contributed by atoms with Crippen molar-refractivity contribution in [2.24, 2.45) is 11.7 Å². The van der Waals surface area contributed by atoms with E-state index < -0.39 is 17.6 Å². The molecule has 5 nitrogen and oxygen atoms in total. The van der Waals surface area contributed by atoms with Gasteiger partial charge < -0.3 is 16.2 Å². The number of rotatable bonds is 5. The van der Waals surface area contributed by atoms with Crippen LogP contribution in [-0.4, -0.2) is 28.6 Å². The first-order valence-corrected chi connectivity index (χ1v) is 4.95. The number of carbonyl (C=O) groups is 2. The van der Waals surface area contributed by atoms with Crippen molar-refractivity contribution in [3.63, 3.8) is 0 Å². The fourth-order valence-corrected chi connectivity index (χ4v) is 1.14. The summed E-state index contributed by atoms with van der Waals surface area (Å²) in [5.74, 6) is -1.22. The third-order valence-corrected chi connectivity index (χ3v) is 2.08. The maximum Gasteiger partial charge on any atom is 0.305 e. The van der Waals surface area contributed by atoms with Crippen molar-refractivity contribution in [3.05, 3.63) is 0 Å². The van der Waals surface area contributed by atoms with Gasteiger partial charge in [-0.2, -0.15) is 0 Å². The van der Waals surface area contributed by atoms with Crippen molar-refractivity contribution in [1.82, 2.24) is 5.32 Å². The van der Waals surface area contributed by atoms with Gasteiger partial charge in [-0.05, 0) is 19.8 Å². The molecular formula is C10H20N2O3. The number of nitrogens with one attached hydrogen (secondary N) is 1. The second-order valence-electron chi connectivity index (χ2n) is 4.71. The summed E-state index contributed by atoms with van der Waals surface area (Å²) >= 11 is 0. The van der Waals surface area contributed by atoms with E-state index in [1.807, 2.05) is 13.8 Å². The first-order valence-electron chi connectivity index (χ1n) is 4.95. The number of hydrogen-bond acceptors (Lipinski definition) is 3. The van der Waals surface area contributed by atoms with E-state index in [2.05, 4.69) is 5.32 Å². The first kappa shape index (κ1) is 13.9. The molecule has 0 unspecified atom stereocenters. The molecule has 1 atom stereocenters. The Hall–Kier alpha value is -1.10. The van der Waals surface area contributed by atoms with Gasteiger partial charge in [0, 0.05) is 5.54 Å². The lowest BCUT2D eigenvalue weighted by Gasteiger charge is -2.27. The van der Waals surface area contributed by atoms with Crippen molar-refractivity contribution in [3.8, 4) is 0 Å². The second-order valence-corrected chi connectivity index (χ2v) is 4.71. The Kier molecular flexibility index (Phi) is 4.74. The van der Waals surface area contributed by atoms with Crippen molar-refractivity contribution in [1.29, 1.82) is 0 Å². The lowest BCUT2D eigenvalue weighted by Crippen LogP contribution is -2.52. The molecule has 0 aliphatic heterocycles. The molecule has 0 aliphatic carbocycles. The Labute approximate surface area is 90.0 Å². The predicted octanol–water partition coefficient (Wildman–Crippen LogP) is 0.339. The summed E-state index contributed by atoms with van der Waals surface area (Å²) in [5.41, 5.74) is 4.87. The summed E-state index contributed by atoms with van der Waals surface area (Å²) in [6.07, 6.45) is -0.121. The highest BCUT2D eigenvalue weighted by atomic mass is 16.4. The lowest BCUT2D eigenvalue weighted by molar-refractivity contribution is -0.138. The highest BCUT2D eigenvalue weighted by Crippen LogP contribution is 2.09. The van der Waals surface area contributed by atoms with E-state index in [9.17, 15) is 9.59 Å². The van der Waals surface area contributed by atoms with Gasteiger partial charge >= 0.3 is 5.97 Å². The number of amides is 1. The fraction of sp³-hybridized carbons (Fsp3) is 0.800. The number of carboxylic acid groups (broad SMARTS) is 1. The molecule has 0 rings (SSSR count). The van der Waals surface area contributed by atoms with Crippen LogP contribution >= 0.6 is 0 Å². The maximum absolute atomic E-state index is 11.6. The normalized spacial score (nSPS) is 13.7. The third-order valence-electron chi connectivity index (χ3n) is 2.08. The van der Waals surface area contributed by atoms with Gasteiger partial charge in [-0.1, -0.05) is 13.8 Å².